The highest BCUT2D eigenvalue weighted by Gasteiger charge is 2.28. The molecule has 0 bridgehead atoms. The first-order valence-electron chi connectivity index (χ1n) is 6.88. The van der Waals surface area contributed by atoms with E-state index in [0.717, 1.165) is 26.1 Å². The van der Waals surface area contributed by atoms with Crippen LogP contribution in [0.4, 0.5) is 0 Å². The SMILES string of the molecule is CN(C)C/C=C/C(=O)N1CCC(CC(C)(C)C)C1. The van der Waals surface area contributed by atoms with Gasteiger partial charge in [-0.3, -0.25) is 4.79 Å². The maximum atomic E-state index is 12.0. The molecule has 18 heavy (non-hydrogen) atoms. The van der Waals surface area contributed by atoms with Gasteiger partial charge < -0.3 is 9.80 Å². The van der Waals surface area contributed by atoms with E-state index in [4.69, 9.17) is 0 Å². The minimum atomic E-state index is 0.174. The van der Waals surface area contributed by atoms with Crippen molar-refractivity contribution in [3.05, 3.63) is 12.2 Å². The molecule has 0 aromatic heterocycles. The zero-order valence-corrected chi connectivity index (χ0v) is 12.6. The molecule has 104 valence electrons. The fraction of sp³-hybridized carbons (Fsp3) is 0.800. The summed E-state index contributed by atoms with van der Waals surface area (Å²) in [6.45, 7) is 9.50. The zero-order chi connectivity index (χ0) is 13.8. The molecule has 1 amide bonds. The molecule has 0 radical (unpaired) electrons. The van der Waals surface area contributed by atoms with Crippen LogP contribution in [0.1, 0.15) is 33.6 Å². The number of hydrogen-bond acceptors (Lipinski definition) is 2. The van der Waals surface area contributed by atoms with Gasteiger partial charge in [0.05, 0.1) is 0 Å². The van der Waals surface area contributed by atoms with E-state index < -0.39 is 0 Å². The topological polar surface area (TPSA) is 23.6 Å². The third kappa shape index (κ3) is 5.67. The van der Waals surface area contributed by atoms with Crippen LogP contribution in [0.25, 0.3) is 0 Å². The van der Waals surface area contributed by atoms with Gasteiger partial charge in [0, 0.05) is 25.7 Å². The number of carbonyl (C=O) groups excluding carboxylic acids is 1. The van der Waals surface area contributed by atoms with Crippen LogP contribution in [-0.2, 0) is 4.79 Å². The van der Waals surface area contributed by atoms with Gasteiger partial charge in [0.15, 0.2) is 0 Å². The second kappa shape index (κ2) is 6.37. The Morgan fingerprint density at radius 3 is 2.61 bits per heavy atom. The summed E-state index contributed by atoms with van der Waals surface area (Å²) in [4.78, 5) is 16.0. The minimum Gasteiger partial charge on any atom is -0.339 e. The molecule has 0 N–H and O–H groups in total. The third-order valence-corrected chi connectivity index (χ3v) is 3.23. The van der Waals surface area contributed by atoms with E-state index >= 15 is 0 Å². The molecule has 0 spiro atoms. The van der Waals surface area contributed by atoms with Crippen LogP contribution in [0.2, 0.25) is 0 Å². The zero-order valence-electron chi connectivity index (χ0n) is 12.6. The second-order valence-electron chi connectivity index (χ2n) is 6.87. The standard InChI is InChI=1S/C15H28N2O/c1-15(2,3)11-13-8-10-17(12-13)14(18)7-6-9-16(4)5/h6-7,13H,8-12H2,1-5H3/b7-6+. The first-order valence-corrected chi connectivity index (χ1v) is 6.88. The van der Waals surface area contributed by atoms with Crippen molar-refractivity contribution in [1.82, 2.24) is 9.80 Å². The van der Waals surface area contributed by atoms with E-state index in [0.29, 0.717) is 11.3 Å². The third-order valence-electron chi connectivity index (χ3n) is 3.23. The predicted molar refractivity (Wildman–Crippen MR) is 76.5 cm³/mol. The molecule has 0 aromatic rings. The average Bonchev–Trinajstić information content (AvgIpc) is 2.62. The maximum Gasteiger partial charge on any atom is 0.246 e. The Balaban J connectivity index is 2.37. The lowest BCUT2D eigenvalue weighted by Gasteiger charge is -2.23. The number of carbonyl (C=O) groups is 1. The second-order valence-corrected chi connectivity index (χ2v) is 6.87. The summed E-state index contributed by atoms with van der Waals surface area (Å²) < 4.78 is 0. The lowest BCUT2D eigenvalue weighted by Crippen LogP contribution is -2.27. The largest absolute Gasteiger partial charge is 0.339 e. The van der Waals surface area contributed by atoms with Crippen LogP contribution in [0.5, 0.6) is 0 Å². The van der Waals surface area contributed by atoms with E-state index in [-0.39, 0.29) is 5.91 Å². The normalized spacial score (nSPS) is 21.2. The Kier molecular flexibility index (Phi) is 5.39. The van der Waals surface area contributed by atoms with Crippen LogP contribution in [-0.4, -0.2) is 49.4 Å². The molecule has 3 heteroatoms. The Bertz CT molecular complexity index is 302. The monoisotopic (exact) mass is 252 g/mol. The molecule has 1 saturated heterocycles. The Hall–Kier alpha value is -0.830. The Morgan fingerprint density at radius 1 is 1.39 bits per heavy atom. The van der Waals surface area contributed by atoms with Crippen LogP contribution in [0, 0.1) is 11.3 Å². The van der Waals surface area contributed by atoms with Crippen molar-refractivity contribution in [2.24, 2.45) is 11.3 Å². The Morgan fingerprint density at radius 2 is 2.06 bits per heavy atom. The summed E-state index contributed by atoms with van der Waals surface area (Å²) in [6, 6.07) is 0. The number of hydrogen-bond donors (Lipinski definition) is 0. The van der Waals surface area contributed by atoms with Crippen molar-refractivity contribution >= 4 is 5.91 Å². The number of rotatable bonds is 4. The van der Waals surface area contributed by atoms with Crippen molar-refractivity contribution in [3.8, 4) is 0 Å². The summed E-state index contributed by atoms with van der Waals surface area (Å²) >= 11 is 0. The summed E-state index contributed by atoms with van der Waals surface area (Å²) in [7, 11) is 4.01. The predicted octanol–water partition coefficient (Wildman–Crippen LogP) is 2.39. The highest BCUT2D eigenvalue weighted by Crippen LogP contribution is 2.30. The van der Waals surface area contributed by atoms with E-state index in [1.54, 1.807) is 6.08 Å². The summed E-state index contributed by atoms with van der Waals surface area (Å²) in [5.74, 6) is 0.851. The van der Waals surface area contributed by atoms with Crippen LogP contribution < -0.4 is 0 Å². The lowest BCUT2D eigenvalue weighted by atomic mass is 9.84. The molecular weight excluding hydrogens is 224 g/mol. The van der Waals surface area contributed by atoms with Crippen molar-refractivity contribution < 1.29 is 4.79 Å². The molecule has 1 aliphatic rings. The highest BCUT2D eigenvalue weighted by atomic mass is 16.2. The van der Waals surface area contributed by atoms with Crippen molar-refractivity contribution in [2.45, 2.75) is 33.6 Å². The van der Waals surface area contributed by atoms with Crippen LogP contribution in [0.3, 0.4) is 0 Å². The smallest absolute Gasteiger partial charge is 0.246 e. The van der Waals surface area contributed by atoms with Gasteiger partial charge >= 0.3 is 0 Å². The number of likely N-dealkylation sites (N-methyl/N-ethyl adjacent to an activating group) is 1. The molecule has 0 aliphatic carbocycles. The highest BCUT2D eigenvalue weighted by molar-refractivity contribution is 5.87. The molecule has 1 fully saturated rings. The van der Waals surface area contributed by atoms with Crippen molar-refractivity contribution in [1.29, 1.82) is 0 Å². The van der Waals surface area contributed by atoms with Gasteiger partial charge in [-0.05, 0) is 38.3 Å². The molecule has 3 nitrogen and oxygen atoms in total. The summed E-state index contributed by atoms with van der Waals surface area (Å²) in [6.07, 6.45) is 6.03. The fourth-order valence-corrected chi connectivity index (χ4v) is 2.54. The summed E-state index contributed by atoms with van der Waals surface area (Å²) in [5, 5.41) is 0. The molecule has 1 unspecified atom stereocenters. The minimum absolute atomic E-state index is 0.174. The van der Waals surface area contributed by atoms with Gasteiger partial charge in [-0.1, -0.05) is 26.8 Å². The molecule has 0 aromatic carbocycles. The van der Waals surface area contributed by atoms with Gasteiger partial charge in [0.1, 0.15) is 0 Å². The van der Waals surface area contributed by atoms with E-state index in [1.807, 2.05) is 25.1 Å². The van der Waals surface area contributed by atoms with Gasteiger partial charge in [-0.15, -0.1) is 0 Å². The summed E-state index contributed by atoms with van der Waals surface area (Å²) in [5.41, 5.74) is 0.366. The van der Waals surface area contributed by atoms with E-state index in [9.17, 15) is 4.79 Å². The maximum absolute atomic E-state index is 12.0. The van der Waals surface area contributed by atoms with Crippen molar-refractivity contribution in [3.63, 3.8) is 0 Å². The number of likely N-dealkylation sites (tertiary alicyclic amines) is 1. The van der Waals surface area contributed by atoms with Crippen LogP contribution >= 0.6 is 0 Å². The van der Waals surface area contributed by atoms with Gasteiger partial charge in [-0.2, -0.15) is 0 Å². The van der Waals surface area contributed by atoms with Crippen LogP contribution in [0.15, 0.2) is 12.2 Å². The quantitative estimate of drug-likeness (QED) is 0.717. The average molecular weight is 252 g/mol. The number of nitrogens with zero attached hydrogens (tertiary/aromatic N) is 2. The van der Waals surface area contributed by atoms with E-state index in [1.165, 1.54) is 6.42 Å². The molecule has 1 rings (SSSR count). The molecule has 1 heterocycles. The van der Waals surface area contributed by atoms with Gasteiger partial charge in [-0.25, -0.2) is 0 Å². The van der Waals surface area contributed by atoms with Gasteiger partial charge in [0.25, 0.3) is 0 Å². The number of amides is 1. The molecular formula is C15H28N2O. The fourth-order valence-electron chi connectivity index (χ4n) is 2.54. The molecule has 1 aliphatic heterocycles. The van der Waals surface area contributed by atoms with E-state index in [2.05, 4.69) is 25.7 Å². The van der Waals surface area contributed by atoms with Crippen molar-refractivity contribution in [2.75, 3.05) is 33.7 Å². The first kappa shape index (κ1) is 15.2. The molecule has 0 saturated carbocycles. The lowest BCUT2D eigenvalue weighted by molar-refractivity contribution is -0.125. The Labute approximate surface area is 112 Å². The van der Waals surface area contributed by atoms with Gasteiger partial charge in [0.2, 0.25) is 5.91 Å². The first-order chi connectivity index (χ1) is 8.28. The molecule has 1 atom stereocenters.